The summed E-state index contributed by atoms with van der Waals surface area (Å²) in [6.07, 6.45) is 1.57. The van der Waals surface area contributed by atoms with Gasteiger partial charge in [-0.1, -0.05) is 36.4 Å². The third-order valence-electron chi connectivity index (χ3n) is 5.25. The molecule has 4 rings (SSSR count). The van der Waals surface area contributed by atoms with E-state index >= 15 is 0 Å². The van der Waals surface area contributed by atoms with Gasteiger partial charge in [0.2, 0.25) is 5.91 Å². The number of thioether (sulfide) groups is 1. The van der Waals surface area contributed by atoms with Crippen molar-refractivity contribution in [1.29, 1.82) is 0 Å². The maximum Gasteiger partial charge on any atom is 0.352 e. The first-order chi connectivity index (χ1) is 14.9. The van der Waals surface area contributed by atoms with Crippen molar-refractivity contribution in [3.05, 3.63) is 81.9 Å². The van der Waals surface area contributed by atoms with E-state index in [1.807, 2.05) is 0 Å². The highest BCUT2D eigenvalue weighted by Gasteiger charge is 2.54. The average molecular weight is 440 g/mol. The first-order valence-electron chi connectivity index (χ1n) is 9.55. The smallest absolute Gasteiger partial charge is 0.352 e. The SMILES string of the molecule is N[C@@H](C(=O)N[C@@H]1C(=O)N2C(C(=O)O)=C(Cn3ccccc3=O)CS[C@H]12)c1ccccc1. The zero-order valence-electron chi connectivity index (χ0n) is 16.3. The number of carbonyl (C=O) groups excluding carboxylic acids is 2. The van der Waals surface area contributed by atoms with Crippen LogP contribution in [0.3, 0.4) is 0 Å². The first-order valence-corrected chi connectivity index (χ1v) is 10.6. The molecule has 3 heterocycles. The molecule has 0 saturated carbocycles. The van der Waals surface area contributed by atoms with Gasteiger partial charge in [-0.25, -0.2) is 4.79 Å². The summed E-state index contributed by atoms with van der Waals surface area (Å²) in [5.41, 5.74) is 6.67. The standard InChI is InChI=1S/C21H20N4O5S/c22-15(12-6-2-1-3-7-12)18(27)23-16-19(28)25-17(21(29)30)13(11-31-20(16)25)10-24-9-5-4-8-14(24)26/h1-9,15-16,20H,10-11,22H2,(H,23,27)(H,29,30)/t15-,16-,20-/m1/s1. The van der Waals surface area contributed by atoms with Crippen LogP contribution in [0, 0.1) is 0 Å². The third-order valence-corrected chi connectivity index (χ3v) is 6.59. The Bertz CT molecular complexity index is 1130. The molecule has 0 unspecified atom stereocenters. The van der Waals surface area contributed by atoms with Crippen molar-refractivity contribution in [1.82, 2.24) is 14.8 Å². The third kappa shape index (κ3) is 3.87. The molecule has 0 radical (unpaired) electrons. The molecule has 3 atom stereocenters. The lowest BCUT2D eigenvalue weighted by Gasteiger charge is -2.49. The number of hydrogen-bond donors (Lipinski definition) is 3. The molecule has 0 aliphatic carbocycles. The Morgan fingerprint density at radius 1 is 1.16 bits per heavy atom. The van der Waals surface area contributed by atoms with Gasteiger partial charge in [0.15, 0.2) is 0 Å². The molecule has 1 saturated heterocycles. The topological polar surface area (TPSA) is 135 Å². The van der Waals surface area contributed by atoms with Gasteiger partial charge >= 0.3 is 5.97 Å². The predicted octanol–water partition coefficient (Wildman–Crippen LogP) is 0.287. The number of rotatable bonds is 6. The number of benzene rings is 1. The molecular formula is C21H20N4O5S. The lowest BCUT2D eigenvalue weighted by atomic mass is 10.0. The number of nitrogens with zero attached hydrogens (tertiary/aromatic N) is 2. The van der Waals surface area contributed by atoms with Crippen LogP contribution in [0.15, 0.2) is 70.8 Å². The molecule has 0 bridgehead atoms. The zero-order chi connectivity index (χ0) is 22.1. The summed E-state index contributed by atoms with van der Waals surface area (Å²) < 4.78 is 1.39. The van der Waals surface area contributed by atoms with E-state index in [0.29, 0.717) is 16.9 Å². The summed E-state index contributed by atoms with van der Waals surface area (Å²) in [4.78, 5) is 50.4. The number of fused-ring (bicyclic) bond motifs is 1. The van der Waals surface area contributed by atoms with Gasteiger partial charge in [-0.15, -0.1) is 11.8 Å². The van der Waals surface area contributed by atoms with E-state index in [0.717, 1.165) is 0 Å². The van der Waals surface area contributed by atoms with E-state index in [4.69, 9.17) is 5.73 Å². The first kappa shape index (κ1) is 20.9. The highest BCUT2D eigenvalue weighted by atomic mass is 32.2. The number of nitrogens with one attached hydrogen (secondary N) is 1. The van der Waals surface area contributed by atoms with Crippen LogP contribution < -0.4 is 16.6 Å². The van der Waals surface area contributed by atoms with E-state index in [2.05, 4.69) is 5.32 Å². The number of amides is 2. The quantitative estimate of drug-likeness (QED) is 0.550. The number of aliphatic carboxylic acids is 1. The lowest BCUT2D eigenvalue weighted by Crippen LogP contribution is -2.71. The van der Waals surface area contributed by atoms with Crippen LogP contribution in [0.1, 0.15) is 11.6 Å². The Morgan fingerprint density at radius 3 is 2.55 bits per heavy atom. The largest absolute Gasteiger partial charge is 0.477 e. The van der Waals surface area contributed by atoms with Gasteiger partial charge < -0.3 is 20.7 Å². The van der Waals surface area contributed by atoms with Gasteiger partial charge in [-0.05, 0) is 17.2 Å². The fourth-order valence-corrected chi connectivity index (χ4v) is 4.99. The van der Waals surface area contributed by atoms with Crippen LogP contribution in [-0.4, -0.2) is 49.5 Å². The number of carboxylic acid groups (broad SMARTS) is 1. The van der Waals surface area contributed by atoms with Crippen molar-refractivity contribution in [2.75, 3.05) is 5.75 Å². The Balaban J connectivity index is 1.52. The van der Waals surface area contributed by atoms with Crippen LogP contribution in [-0.2, 0) is 20.9 Å². The molecule has 1 aromatic carbocycles. The van der Waals surface area contributed by atoms with Gasteiger partial charge in [0, 0.05) is 24.6 Å². The zero-order valence-corrected chi connectivity index (χ0v) is 17.1. The second kappa shape index (κ2) is 8.40. The average Bonchev–Trinajstić information content (AvgIpc) is 2.78. The molecule has 10 heteroatoms. The number of carboxylic acids is 1. The number of β-lactam (4-membered cyclic amide) rings is 1. The van der Waals surface area contributed by atoms with Crippen molar-refractivity contribution < 1.29 is 19.5 Å². The minimum atomic E-state index is -1.25. The van der Waals surface area contributed by atoms with Gasteiger partial charge in [0.25, 0.3) is 11.5 Å². The van der Waals surface area contributed by atoms with Crippen LogP contribution >= 0.6 is 11.8 Å². The molecule has 1 fully saturated rings. The number of hydrogen-bond acceptors (Lipinski definition) is 6. The Kier molecular flexibility index (Phi) is 5.66. The summed E-state index contributed by atoms with van der Waals surface area (Å²) in [6, 6.07) is 11.6. The number of carbonyl (C=O) groups is 3. The van der Waals surface area contributed by atoms with Gasteiger partial charge in [-0.2, -0.15) is 0 Å². The molecule has 31 heavy (non-hydrogen) atoms. The maximum atomic E-state index is 12.8. The van der Waals surface area contributed by atoms with E-state index < -0.39 is 35.2 Å². The summed E-state index contributed by atoms with van der Waals surface area (Å²) in [5.74, 6) is -1.95. The Morgan fingerprint density at radius 2 is 1.87 bits per heavy atom. The molecule has 9 nitrogen and oxygen atoms in total. The molecular weight excluding hydrogens is 420 g/mol. The fourth-order valence-electron chi connectivity index (χ4n) is 3.66. The fraction of sp³-hybridized carbons (Fsp3) is 0.238. The van der Waals surface area contributed by atoms with Gasteiger partial charge in [-0.3, -0.25) is 19.3 Å². The second-order valence-electron chi connectivity index (χ2n) is 7.21. The monoisotopic (exact) mass is 440 g/mol. The van der Waals surface area contributed by atoms with Crippen molar-refractivity contribution >= 4 is 29.5 Å². The Labute approximate surface area is 181 Å². The van der Waals surface area contributed by atoms with Crippen LogP contribution in [0.5, 0.6) is 0 Å². The minimum absolute atomic E-state index is 0.0702. The molecule has 2 aromatic rings. The lowest BCUT2D eigenvalue weighted by molar-refractivity contribution is -0.150. The molecule has 2 aliphatic heterocycles. The van der Waals surface area contributed by atoms with E-state index in [9.17, 15) is 24.3 Å². The number of nitrogens with two attached hydrogens (primary N) is 1. The van der Waals surface area contributed by atoms with Crippen molar-refractivity contribution in [3.63, 3.8) is 0 Å². The molecule has 4 N–H and O–H groups in total. The van der Waals surface area contributed by atoms with Crippen molar-refractivity contribution in [2.24, 2.45) is 5.73 Å². The highest BCUT2D eigenvalue weighted by Crippen LogP contribution is 2.40. The van der Waals surface area contributed by atoms with E-state index in [-0.39, 0.29) is 17.8 Å². The Hall–Kier alpha value is -3.37. The van der Waals surface area contributed by atoms with E-state index in [1.54, 1.807) is 48.7 Å². The van der Waals surface area contributed by atoms with Crippen molar-refractivity contribution in [3.8, 4) is 0 Å². The van der Waals surface area contributed by atoms with Crippen LogP contribution in [0.2, 0.25) is 0 Å². The number of aromatic nitrogens is 1. The normalized spacial score (nSPS) is 21.2. The van der Waals surface area contributed by atoms with Crippen LogP contribution in [0.4, 0.5) is 0 Å². The van der Waals surface area contributed by atoms with Gasteiger partial charge in [0.05, 0.1) is 0 Å². The molecule has 160 valence electrons. The van der Waals surface area contributed by atoms with E-state index in [1.165, 1.54) is 27.3 Å². The maximum absolute atomic E-state index is 12.8. The summed E-state index contributed by atoms with van der Waals surface area (Å²) in [7, 11) is 0. The summed E-state index contributed by atoms with van der Waals surface area (Å²) >= 11 is 1.34. The number of pyridine rings is 1. The molecule has 1 aromatic heterocycles. The minimum Gasteiger partial charge on any atom is -0.477 e. The predicted molar refractivity (Wildman–Crippen MR) is 114 cm³/mol. The molecule has 0 spiro atoms. The molecule has 2 amide bonds. The summed E-state index contributed by atoms with van der Waals surface area (Å²) in [6.45, 7) is 0.0702. The van der Waals surface area contributed by atoms with Crippen LogP contribution in [0.25, 0.3) is 0 Å². The summed E-state index contributed by atoms with van der Waals surface area (Å²) in [5, 5.41) is 11.9. The molecule has 2 aliphatic rings. The van der Waals surface area contributed by atoms with Gasteiger partial charge in [0.1, 0.15) is 23.2 Å². The van der Waals surface area contributed by atoms with Crippen molar-refractivity contribution in [2.45, 2.75) is 24.0 Å². The highest BCUT2D eigenvalue weighted by molar-refractivity contribution is 8.00. The second-order valence-corrected chi connectivity index (χ2v) is 8.31.